The summed E-state index contributed by atoms with van der Waals surface area (Å²) in [5.74, 6) is 1.82. The minimum Gasteiger partial charge on any atom is -0.494 e. The maximum atomic E-state index is 12.0. The molecule has 1 unspecified atom stereocenters. The Hall–Kier alpha value is -1.20. The molecule has 1 aromatic carbocycles. The first-order valence-corrected chi connectivity index (χ1v) is 8.07. The van der Waals surface area contributed by atoms with Crippen LogP contribution in [0.25, 0.3) is 0 Å². The number of carbonyl (C=O) groups excluding carboxylic acids is 1. The van der Waals surface area contributed by atoms with Gasteiger partial charge in [-0.2, -0.15) is 0 Å². The van der Waals surface area contributed by atoms with Gasteiger partial charge in [0.2, 0.25) is 5.91 Å². The summed E-state index contributed by atoms with van der Waals surface area (Å²) in [6.07, 6.45) is 2.07. The predicted molar refractivity (Wildman–Crippen MR) is 86.4 cm³/mol. The standard InChI is InChI=1S/C15H24N2O2S/c1-3-19-14-8-6-13(7-9-14)17-15(18)12(2)20-11-5-4-10-16/h6-9,12H,3-5,10-11,16H2,1-2H3,(H,17,18). The number of thioether (sulfide) groups is 1. The highest BCUT2D eigenvalue weighted by Crippen LogP contribution is 2.18. The minimum atomic E-state index is -0.0562. The van der Waals surface area contributed by atoms with Gasteiger partial charge in [0.1, 0.15) is 5.75 Å². The van der Waals surface area contributed by atoms with Gasteiger partial charge in [0, 0.05) is 5.69 Å². The molecule has 0 heterocycles. The highest BCUT2D eigenvalue weighted by molar-refractivity contribution is 8.00. The second kappa shape index (κ2) is 9.66. The molecule has 1 aromatic rings. The average molecular weight is 296 g/mol. The molecule has 0 saturated heterocycles. The van der Waals surface area contributed by atoms with Crippen LogP contribution in [0.3, 0.4) is 0 Å². The molecule has 0 aromatic heterocycles. The molecule has 0 radical (unpaired) electrons. The van der Waals surface area contributed by atoms with Crippen LogP contribution in [0.15, 0.2) is 24.3 Å². The number of nitrogens with two attached hydrogens (primary N) is 1. The number of nitrogens with one attached hydrogen (secondary N) is 1. The summed E-state index contributed by atoms with van der Waals surface area (Å²) in [6, 6.07) is 7.43. The lowest BCUT2D eigenvalue weighted by molar-refractivity contribution is -0.115. The Morgan fingerprint density at radius 3 is 2.65 bits per heavy atom. The van der Waals surface area contributed by atoms with E-state index in [1.165, 1.54) is 0 Å². The number of rotatable bonds is 9. The largest absolute Gasteiger partial charge is 0.494 e. The van der Waals surface area contributed by atoms with E-state index < -0.39 is 0 Å². The first-order chi connectivity index (χ1) is 9.67. The van der Waals surface area contributed by atoms with Gasteiger partial charge < -0.3 is 15.8 Å². The predicted octanol–water partition coefficient (Wildman–Crippen LogP) is 2.88. The van der Waals surface area contributed by atoms with Crippen molar-refractivity contribution in [1.82, 2.24) is 0 Å². The van der Waals surface area contributed by atoms with Gasteiger partial charge in [0.25, 0.3) is 0 Å². The highest BCUT2D eigenvalue weighted by atomic mass is 32.2. The van der Waals surface area contributed by atoms with E-state index in [2.05, 4.69) is 5.32 Å². The van der Waals surface area contributed by atoms with Gasteiger partial charge in [0.15, 0.2) is 0 Å². The zero-order valence-corrected chi connectivity index (χ0v) is 13.0. The Bertz CT molecular complexity index is 395. The summed E-state index contributed by atoms with van der Waals surface area (Å²) in [7, 11) is 0. The number of anilines is 1. The summed E-state index contributed by atoms with van der Waals surface area (Å²) in [4.78, 5) is 12.0. The van der Waals surface area contributed by atoms with Crippen LogP contribution in [0.4, 0.5) is 5.69 Å². The van der Waals surface area contributed by atoms with Gasteiger partial charge in [-0.25, -0.2) is 0 Å². The number of carbonyl (C=O) groups is 1. The van der Waals surface area contributed by atoms with E-state index >= 15 is 0 Å². The van der Waals surface area contributed by atoms with Gasteiger partial charge in [-0.3, -0.25) is 4.79 Å². The molecule has 3 N–H and O–H groups in total. The van der Waals surface area contributed by atoms with Gasteiger partial charge in [-0.15, -0.1) is 11.8 Å². The van der Waals surface area contributed by atoms with Crippen molar-refractivity contribution in [2.24, 2.45) is 5.73 Å². The zero-order valence-electron chi connectivity index (χ0n) is 12.2. The van der Waals surface area contributed by atoms with Crippen LogP contribution in [0.2, 0.25) is 0 Å². The number of ether oxygens (including phenoxy) is 1. The lowest BCUT2D eigenvalue weighted by Crippen LogP contribution is -2.22. The quantitative estimate of drug-likeness (QED) is 0.688. The summed E-state index contributed by atoms with van der Waals surface area (Å²) >= 11 is 1.66. The number of unbranched alkanes of at least 4 members (excludes halogenated alkanes) is 1. The fraction of sp³-hybridized carbons (Fsp3) is 0.533. The maximum Gasteiger partial charge on any atom is 0.237 e. The molecule has 0 spiro atoms. The topological polar surface area (TPSA) is 64.3 Å². The first-order valence-electron chi connectivity index (χ1n) is 7.02. The van der Waals surface area contributed by atoms with E-state index in [-0.39, 0.29) is 11.2 Å². The maximum absolute atomic E-state index is 12.0. The molecule has 5 heteroatoms. The fourth-order valence-electron chi connectivity index (χ4n) is 1.63. The second-order valence-corrected chi connectivity index (χ2v) is 5.90. The average Bonchev–Trinajstić information content (AvgIpc) is 2.45. The van der Waals surface area contributed by atoms with Gasteiger partial charge in [0.05, 0.1) is 11.9 Å². The van der Waals surface area contributed by atoms with Gasteiger partial charge >= 0.3 is 0 Å². The molecular formula is C15H24N2O2S. The Balaban J connectivity index is 2.36. The van der Waals surface area contributed by atoms with Crippen LogP contribution >= 0.6 is 11.8 Å². The third-order valence-corrected chi connectivity index (χ3v) is 4.01. The van der Waals surface area contributed by atoms with Crippen molar-refractivity contribution in [2.75, 3.05) is 24.2 Å². The molecule has 0 saturated carbocycles. The molecule has 112 valence electrons. The van der Waals surface area contributed by atoms with E-state index in [4.69, 9.17) is 10.5 Å². The van der Waals surface area contributed by atoms with Crippen molar-refractivity contribution in [3.05, 3.63) is 24.3 Å². The molecular weight excluding hydrogens is 272 g/mol. The lowest BCUT2D eigenvalue weighted by Gasteiger charge is -2.12. The number of hydrogen-bond acceptors (Lipinski definition) is 4. The Morgan fingerprint density at radius 2 is 2.05 bits per heavy atom. The third kappa shape index (κ3) is 6.30. The van der Waals surface area contributed by atoms with E-state index in [9.17, 15) is 4.79 Å². The van der Waals surface area contributed by atoms with Crippen LogP contribution in [-0.2, 0) is 4.79 Å². The smallest absolute Gasteiger partial charge is 0.237 e. The monoisotopic (exact) mass is 296 g/mol. The molecule has 0 fully saturated rings. The normalized spacial score (nSPS) is 11.9. The SMILES string of the molecule is CCOc1ccc(NC(=O)C(C)SCCCCN)cc1. The zero-order chi connectivity index (χ0) is 14.8. The fourth-order valence-corrected chi connectivity index (χ4v) is 2.56. The summed E-state index contributed by atoms with van der Waals surface area (Å²) in [5.41, 5.74) is 6.24. The molecule has 0 aliphatic heterocycles. The highest BCUT2D eigenvalue weighted by Gasteiger charge is 2.13. The third-order valence-electron chi connectivity index (χ3n) is 2.77. The van der Waals surface area contributed by atoms with Gasteiger partial charge in [-0.05, 0) is 63.3 Å². The van der Waals surface area contributed by atoms with Crippen LogP contribution in [0.1, 0.15) is 26.7 Å². The van der Waals surface area contributed by atoms with Crippen LogP contribution in [0.5, 0.6) is 5.75 Å². The van der Waals surface area contributed by atoms with E-state index in [0.29, 0.717) is 13.2 Å². The molecule has 1 rings (SSSR count). The van der Waals surface area contributed by atoms with Gasteiger partial charge in [-0.1, -0.05) is 0 Å². The number of benzene rings is 1. The number of hydrogen-bond donors (Lipinski definition) is 2. The summed E-state index contributed by atoms with van der Waals surface area (Å²) in [5, 5.41) is 2.86. The molecule has 0 aliphatic carbocycles. The van der Waals surface area contributed by atoms with Crippen molar-refractivity contribution in [2.45, 2.75) is 31.9 Å². The Morgan fingerprint density at radius 1 is 1.35 bits per heavy atom. The molecule has 20 heavy (non-hydrogen) atoms. The van der Waals surface area contributed by atoms with Crippen molar-refractivity contribution in [3.63, 3.8) is 0 Å². The minimum absolute atomic E-state index is 0.0342. The molecule has 4 nitrogen and oxygen atoms in total. The van der Waals surface area contributed by atoms with Crippen LogP contribution < -0.4 is 15.8 Å². The first kappa shape index (κ1) is 16.9. The summed E-state index contributed by atoms with van der Waals surface area (Å²) in [6.45, 7) is 5.23. The Labute approximate surface area is 125 Å². The lowest BCUT2D eigenvalue weighted by atomic mass is 10.3. The second-order valence-electron chi connectivity index (χ2n) is 4.46. The number of amides is 1. The van der Waals surface area contributed by atoms with Crippen LogP contribution in [0, 0.1) is 0 Å². The van der Waals surface area contributed by atoms with E-state index in [1.54, 1.807) is 11.8 Å². The van der Waals surface area contributed by atoms with Crippen LogP contribution in [-0.4, -0.2) is 30.1 Å². The molecule has 0 aliphatic rings. The van der Waals surface area contributed by atoms with E-state index in [1.807, 2.05) is 38.1 Å². The molecule has 1 atom stereocenters. The molecule has 0 bridgehead atoms. The van der Waals surface area contributed by atoms with E-state index in [0.717, 1.165) is 30.0 Å². The Kier molecular flexibility index (Phi) is 8.14. The summed E-state index contributed by atoms with van der Waals surface area (Å²) < 4.78 is 5.36. The van der Waals surface area contributed by atoms with Crippen molar-refractivity contribution in [1.29, 1.82) is 0 Å². The van der Waals surface area contributed by atoms with Crippen molar-refractivity contribution < 1.29 is 9.53 Å². The molecule has 1 amide bonds. The van der Waals surface area contributed by atoms with Crippen molar-refractivity contribution >= 4 is 23.4 Å². The van der Waals surface area contributed by atoms with Crippen molar-refractivity contribution in [3.8, 4) is 5.75 Å².